The quantitative estimate of drug-likeness (QED) is 0.918. The van der Waals surface area contributed by atoms with E-state index in [0.29, 0.717) is 22.8 Å². The molecule has 2 aromatic rings. The van der Waals surface area contributed by atoms with Crippen LogP contribution in [0.15, 0.2) is 30.3 Å². The van der Waals surface area contributed by atoms with Crippen molar-refractivity contribution >= 4 is 17.3 Å². The van der Waals surface area contributed by atoms with Gasteiger partial charge >= 0.3 is 0 Å². The molecule has 0 amide bonds. The first-order chi connectivity index (χ1) is 9.56. The first kappa shape index (κ1) is 14.5. The maximum Gasteiger partial charge on any atom is 0.122 e. The van der Waals surface area contributed by atoms with Crippen molar-refractivity contribution in [2.75, 3.05) is 5.73 Å². The predicted molar refractivity (Wildman–Crippen MR) is 82.8 cm³/mol. The zero-order valence-corrected chi connectivity index (χ0v) is 12.5. The molecule has 2 rings (SSSR count). The molecular formula is C16H18ClN3. The Morgan fingerprint density at radius 2 is 2.15 bits per heavy atom. The fourth-order valence-corrected chi connectivity index (χ4v) is 2.60. The summed E-state index contributed by atoms with van der Waals surface area (Å²) in [4.78, 5) is 0. The van der Waals surface area contributed by atoms with Crippen molar-refractivity contribution in [2.45, 2.75) is 32.7 Å². The Morgan fingerprint density at radius 1 is 1.40 bits per heavy atom. The maximum absolute atomic E-state index is 9.26. The smallest absolute Gasteiger partial charge is 0.122 e. The monoisotopic (exact) mass is 287 g/mol. The van der Waals surface area contributed by atoms with Crippen molar-refractivity contribution in [3.05, 3.63) is 52.3 Å². The van der Waals surface area contributed by atoms with E-state index in [4.69, 9.17) is 17.3 Å². The molecule has 3 nitrogen and oxygen atoms in total. The van der Waals surface area contributed by atoms with Gasteiger partial charge in [-0.3, -0.25) is 0 Å². The minimum Gasteiger partial charge on any atom is -0.397 e. The van der Waals surface area contributed by atoms with Crippen molar-refractivity contribution in [2.24, 2.45) is 0 Å². The molecule has 0 radical (unpaired) electrons. The van der Waals surface area contributed by atoms with Gasteiger partial charge in [0.1, 0.15) is 11.8 Å². The summed E-state index contributed by atoms with van der Waals surface area (Å²) >= 11 is 6.02. The maximum atomic E-state index is 9.26. The molecule has 0 aliphatic rings. The van der Waals surface area contributed by atoms with Crippen molar-refractivity contribution in [1.29, 1.82) is 5.26 Å². The Morgan fingerprint density at radius 3 is 2.75 bits per heavy atom. The fourth-order valence-electron chi connectivity index (χ4n) is 2.38. The van der Waals surface area contributed by atoms with Crippen molar-refractivity contribution in [3.8, 4) is 6.07 Å². The third-order valence-corrected chi connectivity index (χ3v) is 3.82. The van der Waals surface area contributed by atoms with Gasteiger partial charge in [-0.1, -0.05) is 30.7 Å². The number of nitriles is 1. The fraction of sp³-hybridized carbons (Fsp3) is 0.312. The number of rotatable bonds is 4. The van der Waals surface area contributed by atoms with E-state index in [9.17, 15) is 5.26 Å². The summed E-state index contributed by atoms with van der Waals surface area (Å²) in [6.07, 6.45) is 1.63. The number of anilines is 1. The van der Waals surface area contributed by atoms with Gasteiger partial charge in [0, 0.05) is 23.2 Å². The molecule has 20 heavy (non-hydrogen) atoms. The second-order valence-electron chi connectivity index (χ2n) is 4.98. The second kappa shape index (κ2) is 6.02. The zero-order valence-electron chi connectivity index (χ0n) is 11.7. The molecule has 0 spiro atoms. The minimum absolute atomic E-state index is 0.246. The molecule has 1 unspecified atom stereocenters. The molecule has 1 aromatic heterocycles. The zero-order chi connectivity index (χ0) is 14.7. The van der Waals surface area contributed by atoms with Crippen LogP contribution in [0.3, 0.4) is 0 Å². The van der Waals surface area contributed by atoms with Gasteiger partial charge in [0.15, 0.2) is 0 Å². The van der Waals surface area contributed by atoms with Gasteiger partial charge in [-0.15, -0.1) is 0 Å². The van der Waals surface area contributed by atoms with Crippen molar-refractivity contribution in [1.82, 2.24) is 4.57 Å². The molecule has 0 aliphatic carbocycles. The third-order valence-electron chi connectivity index (χ3n) is 3.58. The van der Waals surface area contributed by atoms with E-state index in [1.807, 2.05) is 28.8 Å². The van der Waals surface area contributed by atoms with E-state index in [1.165, 1.54) is 0 Å². The number of benzene rings is 1. The van der Waals surface area contributed by atoms with Gasteiger partial charge < -0.3 is 10.3 Å². The van der Waals surface area contributed by atoms with Gasteiger partial charge in [0.05, 0.1) is 5.69 Å². The topological polar surface area (TPSA) is 54.7 Å². The lowest BCUT2D eigenvalue weighted by Gasteiger charge is -2.17. The van der Waals surface area contributed by atoms with E-state index in [2.05, 4.69) is 19.9 Å². The Kier molecular flexibility index (Phi) is 4.36. The van der Waals surface area contributed by atoms with Crippen LogP contribution in [0.4, 0.5) is 5.69 Å². The summed E-state index contributed by atoms with van der Waals surface area (Å²) in [6, 6.07) is 12.0. The molecule has 1 aromatic carbocycles. The average molecular weight is 288 g/mol. The van der Waals surface area contributed by atoms with Crippen LogP contribution >= 0.6 is 11.6 Å². The third kappa shape index (κ3) is 2.81. The highest BCUT2D eigenvalue weighted by molar-refractivity contribution is 6.30. The minimum atomic E-state index is 0.246. The number of hydrogen-bond donors (Lipinski definition) is 1. The van der Waals surface area contributed by atoms with Crippen LogP contribution in [-0.2, 0) is 6.42 Å². The highest BCUT2D eigenvalue weighted by atomic mass is 35.5. The molecule has 4 heteroatoms. The predicted octanol–water partition coefficient (Wildman–Crippen LogP) is 4.16. The molecular weight excluding hydrogens is 270 g/mol. The molecule has 2 N–H and O–H groups in total. The summed E-state index contributed by atoms with van der Waals surface area (Å²) in [6.45, 7) is 4.20. The number of nitrogens with zero attached hydrogens (tertiary/aromatic N) is 2. The first-order valence-corrected chi connectivity index (χ1v) is 7.08. The van der Waals surface area contributed by atoms with Crippen LogP contribution in [-0.4, -0.2) is 4.57 Å². The normalized spacial score (nSPS) is 12.1. The summed E-state index contributed by atoms with van der Waals surface area (Å²) < 4.78 is 2.04. The summed E-state index contributed by atoms with van der Waals surface area (Å²) in [5, 5.41) is 9.97. The van der Waals surface area contributed by atoms with Gasteiger partial charge in [0.25, 0.3) is 0 Å². The first-order valence-electron chi connectivity index (χ1n) is 6.71. The van der Waals surface area contributed by atoms with Gasteiger partial charge in [-0.2, -0.15) is 5.26 Å². The van der Waals surface area contributed by atoms with Gasteiger partial charge in [-0.25, -0.2) is 0 Å². The number of hydrogen-bond acceptors (Lipinski definition) is 2. The molecule has 0 saturated carbocycles. The molecule has 0 saturated heterocycles. The van der Waals surface area contributed by atoms with E-state index in [-0.39, 0.29) is 6.04 Å². The lowest BCUT2D eigenvalue weighted by atomic mass is 10.1. The Balaban J connectivity index is 2.46. The van der Waals surface area contributed by atoms with E-state index >= 15 is 0 Å². The molecule has 0 fully saturated rings. The molecule has 0 bridgehead atoms. The lowest BCUT2D eigenvalue weighted by molar-refractivity contribution is 0.514. The molecule has 0 aliphatic heterocycles. The van der Waals surface area contributed by atoms with Gasteiger partial charge in [-0.05, 0) is 37.1 Å². The van der Waals surface area contributed by atoms with E-state index in [0.717, 1.165) is 17.7 Å². The summed E-state index contributed by atoms with van der Waals surface area (Å²) in [5.41, 5.74) is 9.46. The summed E-state index contributed by atoms with van der Waals surface area (Å²) in [7, 11) is 0. The Hall–Kier alpha value is -1.92. The molecule has 1 heterocycles. The van der Waals surface area contributed by atoms with Crippen LogP contribution in [0.2, 0.25) is 5.02 Å². The summed E-state index contributed by atoms with van der Waals surface area (Å²) in [5.74, 6) is 0. The lowest BCUT2D eigenvalue weighted by Crippen LogP contribution is -2.11. The number of nitrogens with two attached hydrogens (primary N) is 1. The average Bonchev–Trinajstić information content (AvgIpc) is 2.74. The van der Waals surface area contributed by atoms with Gasteiger partial charge in [0.2, 0.25) is 0 Å². The Labute approximate surface area is 124 Å². The highest BCUT2D eigenvalue weighted by Crippen LogP contribution is 2.27. The number of nitrogen functional groups attached to an aromatic ring is 1. The van der Waals surface area contributed by atoms with Crippen molar-refractivity contribution in [3.63, 3.8) is 0 Å². The van der Waals surface area contributed by atoms with Crippen LogP contribution in [0.25, 0.3) is 0 Å². The molecule has 104 valence electrons. The largest absolute Gasteiger partial charge is 0.397 e. The SMILES string of the molecule is CCC(C)n1c(C#N)cc(N)c1Cc1cccc(Cl)c1. The number of aromatic nitrogens is 1. The van der Waals surface area contributed by atoms with E-state index < -0.39 is 0 Å². The standard InChI is InChI=1S/C16H18ClN3/c1-3-11(2)20-14(10-18)9-15(19)16(20)8-12-5-4-6-13(17)7-12/h4-7,9,11H,3,8,19H2,1-2H3. The van der Waals surface area contributed by atoms with Crippen molar-refractivity contribution < 1.29 is 0 Å². The van der Waals surface area contributed by atoms with E-state index in [1.54, 1.807) is 6.07 Å². The van der Waals surface area contributed by atoms with Crippen LogP contribution in [0.1, 0.15) is 43.3 Å². The van der Waals surface area contributed by atoms with Crippen LogP contribution < -0.4 is 5.73 Å². The number of halogens is 1. The second-order valence-corrected chi connectivity index (χ2v) is 5.41. The van der Waals surface area contributed by atoms with Crippen LogP contribution in [0.5, 0.6) is 0 Å². The van der Waals surface area contributed by atoms with Crippen LogP contribution in [0, 0.1) is 11.3 Å². The highest BCUT2D eigenvalue weighted by Gasteiger charge is 2.17. The molecule has 1 atom stereocenters. The Bertz CT molecular complexity index is 652.